The van der Waals surface area contributed by atoms with Crippen LogP contribution in [0.25, 0.3) is 22.0 Å². The first-order valence-electron chi connectivity index (χ1n) is 8.21. The number of aryl methyl sites for hydroxylation is 3. The van der Waals surface area contributed by atoms with Crippen molar-refractivity contribution >= 4 is 30.3 Å². The molecule has 0 amide bonds. The summed E-state index contributed by atoms with van der Waals surface area (Å²) >= 11 is 0.309. The third-order valence-corrected chi connectivity index (χ3v) is 6.71. The van der Waals surface area contributed by atoms with E-state index in [1.807, 2.05) is 0 Å². The van der Waals surface area contributed by atoms with E-state index in [4.69, 9.17) is 4.74 Å². The predicted molar refractivity (Wildman–Crippen MR) is 99.1 cm³/mol. The van der Waals surface area contributed by atoms with Gasteiger partial charge in [0.05, 0.1) is 0 Å². The molecular formula is C20H20N2OSe. The van der Waals surface area contributed by atoms with Crippen molar-refractivity contribution in [2.24, 2.45) is 0 Å². The van der Waals surface area contributed by atoms with Crippen molar-refractivity contribution in [1.82, 2.24) is 10.2 Å². The molecule has 4 heteroatoms. The molecule has 0 saturated carbocycles. The van der Waals surface area contributed by atoms with E-state index in [0.717, 1.165) is 22.2 Å². The maximum absolute atomic E-state index is 5.35. The fraction of sp³-hybridized carbons (Fsp3) is 0.300. The topological polar surface area (TPSA) is 38.3 Å². The SMILES string of the molecule is Cc1cc(C)c(-c2nnc([Se]CC3CO3)c3ccccc23)c(C)c1. The minimum atomic E-state index is 0.309. The second-order valence-electron chi connectivity index (χ2n) is 6.44. The maximum atomic E-state index is 5.35. The summed E-state index contributed by atoms with van der Waals surface area (Å²) in [5, 5.41) is 12.8. The van der Waals surface area contributed by atoms with Gasteiger partial charge in [-0.15, -0.1) is 0 Å². The molecule has 1 aromatic heterocycles. The molecule has 1 aliphatic heterocycles. The van der Waals surface area contributed by atoms with Crippen LogP contribution >= 0.6 is 0 Å². The van der Waals surface area contributed by atoms with E-state index >= 15 is 0 Å². The van der Waals surface area contributed by atoms with E-state index < -0.39 is 0 Å². The molecule has 0 radical (unpaired) electrons. The second kappa shape index (κ2) is 6.29. The van der Waals surface area contributed by atoms with E-state index in [0.29, 0.717) is 21.1 Å². The molecule has 1 unspecified atom stereocenters. The standard InChI is InChI=1S/C20H20N2OSe/c1-12-8-13(2)18(14(3)9-12)19-16-6-4-5-7-17(16)20(22-21-19)24-11-15-10-23-15/h4-9,15H,10-11H2,1-3H3. The van der Waals surface area contributed by atoms with Crippen molar-refractivity contribution in [3.8, 4) is 11.3 Å². The first-order chi connectivity index (χ1) is 11.6. The molecule has 1 atom stereocenters. The van der Waals surface area contributed by atoms with Crippen molar-refractivity contribution in [3.63, 3.8) is 0 Å². The summed E-state index contributed by atoms with van der Waals surface area (Å²) in [6.07, 6.45) is 0.451. The number of aromatic nitrogens is 2. The summed E-state index contributed by atoms with van der Waals surface area (Å²) in [5.41, 5.74) is 6.03. The Morgan fingerprint density at radius 3 is 2.38 bits per heavy atom. The van der Waals surface area contributed by atoms with Gasteiger partial charge in [-0.1, -0.05) is 0 Å². The molecular weight excluding hydrogens is 363 g/mol. The number of benzene rings is 2. The second-order valence-corrected chi connectivity index (χ2v) is 8.56. The Kier molecular flexibility index (Phi) is 4.13. The zero-order valence-electron chi connectivity index (χ0n) is 14.2. The summed E-state index contributed by atoms with van der Waals surface area (Å²) in [7, 11) is 0. The van der Waals surface area contributed by atoms with Crippen LogP contribution in [0.15, 0.2) is 36.4 Å². The van der Waals surface area contributed by atoms with Gasteiger partial charge in [0.25, 0.3) is 0 Å². The Labute approximate surface area is 148 Å². The number of hydrogen-bond acceptors (Lipinski definition) is 3. The van der Waals surface area contributed by atoms with Crippen molar-refractivity contribution in [3.05, 3.63) is 53.1 Å². The summed E-state index contributed by atoms with van der Waals surface area (Å²) in [5.74, 6) is 0. The monoisotopic (exact) mass is 384 g/mol. The molecule has 122 valence electrons. The van der Waals surface area contributed by atoms with E-state index in [-0.39, 0.29) is 0 Å². The molecule has 0 spiro atoms. The number of rotatable bonds is 4. The number of nitrogens with zero attached hydrogens (tertiary/aromatic N) is 2. The zero-order chi connectivity index (χ0) is 16.7. The van der Waals surface area contributed by atoms with Gasteiger partial charge < -0.3 is 0 Å². The summed E-state index contributed by atoms with van der Waals surface area (Å²) < 4.78 is 6.48. The van der Waals surface area contributed by atoms with Gasteiger partial charge in [0.1, 0.15) is 0 Å². The molecule has 2 aromatic carbocycles. The summed E-state index contributed by atoms with van der Waals surface area (Å²) in [6.45, 7) is 7.37. The third kappa shape index (κ3) is 2.97. The van der Waals surface area contributed by atoms with Crippen LogP contribution in [0.1, 0.15) is 16.7 Å². The molecule has 24 heavy (non-hydrogen) atoms. The molecule has 0 aliphatic carbocycles. The van der Waals surface area contributed by atoms with Gasteiger partial charge >= 0.3 is 148 Å². The molecule has 3 nitrogen and oxygen atoms in total. The van der Waals surface area contributed by atoms with Gasteiger partial charge in [-0.25, -0.2) is 0 Å². The van der Waals surface area contributed by atoms with Gasteiger partial charge in [0.15, 0.2) is 0 Å². The average molecular weight is 383 g/mol. The number of hydrogen-bond donors (Lipinski definition) is 0. The predicted octanol–water partition coefficient (Wildman–Crippen LogP) is 3.37. The van der Waals surface area contributed by atoms with Crippen molar-refractivity contribution in [1.29, 1.82) is 0 Å². The van der Waals surface area contributed by atoms with Gasteiger partial charge in [-0.3, -0.25) is 0 Å². The fourth-order valence-electron chi connectivity index (χ4n) is 3.26. The Bertz CT molecular complexity index is 896. The quantitative estimate of drug-likeness (QED) is 0.512. The molecule has 1 fully saturated rings. The van der Waals surface area contributed by atoms with Gasteiger partial charge in [0, 0.05) is 0 Å². The van der Waals surface area contributed by atoms with Crippen molar-refractivity contribution < 1.29 is 4.74 Å². The van der Waals surface area contributed by atoms with E-state index in [1.54, 1.807) is 0 Å². The Balaban J connectivity index is 1.86. The average Bonchev–Trinajstić information content (AvgIpc) is 3.37. The summed E-state index contributed by atoms with van der Waals surface area (Å²) in [6, 6.07) is 13.0. The van der Waals surface area contributed by atoms with Crippen LogP contribution in [-0.4, -0.2) is 37.9 Å². The first kappa shape index (κ1) is 15.8. The number of epoxide rings is 1. The Morgan fingerprint density at radius 1 is 1.04 bits per heavy atom. The number of fused-ring (bicyclic) bond motifs is 1. The molecule has 0 N–H and O–H groups in total. The van der Waals surface area contributed by atoms with Crippen LogP contribution in [0.4, 0.5) is 0 Å². The first-order valence-corrected chi connectivity index (χ1v) is 10.3. The summed E-state index contributed by atoms with van der Waals surface area (Å²) in [4.78, 5) is 0. The molecule has 3 aromatic rings. The minimum absolute atomic E-state index is 0.309. The van der Waals surface area contributed by atoms with Gasteiger partial charge in [0.2, 0.25) is 0 Å². The Morgan fingerprint density at radius 2 is 1.71 bits per heavy atom. The number of ether oxygens (including phenoxy) is 1. The van der Waals surface area contributed by atoms with E-state index in [1.165, 1.54) is 33.0 Å². The van der Waals surface area contributed by atoms with E-state index in [2.05, 4.69) is 67.4 Å². The van der Waals surface area contributed by atoms with Crippen LogP contribution in [0.2, 0.25) is 5.32 Å². The normalized spacial score (nSPS) is 16.5. The van der Waals surface area contributed by atoms with Crippen LogP contribution < -0.4 is 4.59 Å². The molecule has 0 bridgehead atoms. The van der Waals surface area contributed by atoms with Gasteiger partial charge in [-0.2, -0.15) is 0 Å². The molecule has 1 aliphatic rings. The molecule has 1 saturated heterocycles. The van der Waals surface area contributed by atoms with Crippen LogP contribution in [0, 0.1) is 20.8 Å². The van der Waals surface area contributed by atoms with Crippen LogP contribution in [0.3, 0.4) is 0 Å². The van der Waals surface area contributed by atoms with Crippen molar-refractivity contribution in [2.45, 2.75) is 32.2 Å². The Hall–Kier alpha value is -1.74. The van der Waals surface area contributed by atoms with E-state index in [9.17, 15) is 0 Å². The molecule has 4 rings (SSSR count). The van der Waals surface area contributed by atoms with Crippen molar-refractivity contribution in [2.75, 3.05) is 6.61 Å². The third-order valence-electron chi connectivity index (χ3n) is 4.38. The molecule has 2 heterocycles. The fourth-order valence-corrected chi connectivity index (χ4v) is 5.29. The van der Waals surface area contributed by atoms with Crippen LogP contribution in [0.5, 0.6) is 0 Å². The zero-order valence-corrected chi connectivity index (χ0v) is 15.9. The van der Waals surface area contributed by atoms with Crippen LogP contribution in [-0.2, 0) is 4.74 Å². The van der Waals surface area contributed by atoms with Gasteiger partial charge in [-0.05, 0) is 0 Å².